The zero-order valence-corrected chi connectivity index (χ0v) is 10.0. The van der Waals surface area contributed by atoms with Gasteiger partial charge in [0.25, 0.3) is 0 Å². The summed E-state index contributed by atoms with van der Waals surface area (Å²) in [6.45, 7) is 0.796. The van der Waals surface area contributed by atoms with Crippen LogP contribution in [0.2, 0.25) is 0 Å². The predicted molar refractivity (Wildman–Crippen MR) is 65.5 cm³/mol. The third-order valence-electron chi connectivity index (χ3n) is 2.83. The number of hydrogen-bond acceptors (Lipinski definition) is 4. The molecule has 3 rings (SSSR count). The maximum absolute atomic E-state index is 13.1. The predicted octanol–water partition coefficient (Wildman–Crippen LogP) is 2.85. The van der Waals surface area contributed by atoms with E-state index in [9.17, 15) is 4.39 Å². The van der Waals surface area contributed by atoms with Crippen LogP contribution in [0.4, 0.5) is 10.2 Å². The first-order valence-corrected chi connectivity index (χ1v) is 6.52. The molecule has 0 amide bonds. The molecule has 1 fully saturated rings. The molecule has 0 aromatic carbocycles. The minimum Gasteiger partial charge on any atom is -0.349 e. The van der Waals surface area contributed by atoms with Crippen molar-refractivity contribution in [2.75, 3.05) is 4.90 Å². The Morgan fingerprint density at radius 2 is 2.29 bits per heavy atom. The molecule has 88 valence electrons. The van der Waals surface area contributed by atoms with E-state index in [-0.39, 0.29) is 0 Å². The monoisotopic (exact) mass is 249 g/mol. The number of anilines is 1. The van der Waals surface area contributed by atoms with E-state index in [2.05, 4.69) is 31.7 Å². The standard InChI is InChI=1S/C12H12FN3S/c13-11-5-12(15-8-14-11)16(10-1-2-10)6-9-3-4-17-7-9/h3-5,7-8,10H,1-2,6H2. The molecule has 0 atom stereocenters. The lowest BCUT2D eigenvalue weighted by atomic mass is 10.3. The van der Waals surface area contributed by atoms with Gasteiger partial charge in [0, 0.05) is 18.7 Å². The fourth-order valence-electron chi connectivity index (χ4n) is 1.84. The Balaban J connectivity index is 1.85. The van der Waals surface area contributed by atoms with Gasteiger partial charge in [0.15, 0.2) is 0 Å². The topological polar surface area (TPSA) is 29.0 Å². The van der Waals surface area contributed by atoms with E-state index >= 15 is 0 Å². The van der Waals surface area contributed by atoms with E-state index in [0.29, 0.717) is 11.9 Å². The first kappa shape index (κ1) is 10.7. The summed E-state index contributed by atoms with van der Waals surface area (Å²) in [4.78, 5) is 9.82. The summed E-state index contributed by atoms with van der Waals surface area (Å²) in [7, 11) is 0. The van der Waals surface area contributed by atoms with E-state index in [1.54, 1.807) is 11.3 Å². The van der Waals surface area contributed by atoms with E-state index in [4.69, 9.17) is 0 Å². The van der Waals surface area contributed by atoms with Gasteiger partial charge in [0.05, 0.1) is 0 Å². The van der Waals surface area contributed by atoms with Crippen molar-refractivity contribution < 1.29 is 4.39 Å². The molecule has 0 bridgehead atoms. The second-order valence-corrected chi connectivity index (χ2v) is 4.97. The quantitative estimate of drug-likeness (QED) is 0.780. The highest BCUT2D eigenvalue weighted by molar-refractivity contribution is 7.07. The van der Waals surface area contributed by atoms with Crippen molar-refractivity contribution in [1.82, 2.24) is 9.97 Å². The van der Waals surface area contributed by atoms with E-state index in [1.165, 1.54) is 18.0 Å². The Labute approximate surface area is 103 Å². The molecule has 0 saturated heterocycles. The van der Waals surface area contributed by atoms with Crippen LogP contribution < -0.4 is 4.90 Å². The van der Waals surface area contributed by atoms with Crippen LogP contribution in [0.1, 0.15) is 18.4 Å². The zero-order valence-electron chi connectivity index (χ0n) is 9.21. The smallest absolute Gasteiger partial charge is 0.218 e. The molecule has 2 aromatic heterocycles. The summed E-state index contributed by atoms with van der Waals surface area (Å²) in [5.41, 5.74) is 1.25. The largest absolute Gasteiger partial charge is 0.349 e. The van der Waals surface area contributed by atoms with Gasteiger partial charge in [-0.3, -0.25) is 0 Å². The highest BCUT2D eigenvalue weighted by Gasteiger charge is 2.30. The summed E-state index contributed by atoms with van der Waals surface area (Å²) in [6.07, 6.45) is 3.61. The lowest BCUT2D eigenvalue weighted by molar-refractivity contribution is 0.577. The van der Waals surface area contributed by atoms with E-state index < -0.39 is 5.95 Å². The molecule has 2 aromatic rings. The molecule has 3 nitrogen and oxygen atoms in total. The maximum atomic E-state index is 13.1. The molecule has 0 N–H and O–H groups in total. The van der Waals surface area contributed by atoms with Gasteiger partial charge in [-0.15, -0.1) is 0 Å². The number of rotatable bonds is 4. The SMILES string of the molecule is Fc1cc(N(Cc2ccsc2)C2CC2)ncn1. The molecule has 1 saturated carbocycles. The fraction of sp³-hybridized carbons (Fsp3) is 0.333. The Hall–Kier alpha value is -1.49. The van der Waals surface area contributed by atoms with Crippen molar-refractivity contribution in [3.8, 4) is 0 Å². The summed E-state index contributed by atoms with van der Waals surface area (Å²) in [5, 5.41) is 4.17. The van der Waals surface area contributed by atoms with Crippen LogP contribution in [0.25, 0.3) is 0 Å². The number of halogens is 1. The van der Waals surface area contributed by atoms with Gasteiger partial charge >= 0.3 is 0 Å². The molecule has 0 unspecified atom stereocenters. The Bertz CT molecular complexity index is 496. The summed E-state index contributed by atoms with van der Waals surface area (Å²) >= 11 is 1.68. The Morgan fingerprint density at radius 3 is 2.94 bits per heavy atom. The maximum Gasteiger partial charge on any atom is 0.218 e. The number of nitrogens with zero attached hydrogens (tertiary/aromatic N) is 3. The number of hydrogen-bond donors (Lipinski definition) is 0. The van der Waals surface area contributed by atoms with Crippen LogP contribution in [0.3, 0.4) is 0 Å². The van der Waals surface area contributed by atoms with Crippen LogP contribution >= 0.6 is 11.3 Å². The van der Waals surface area contributed by atoms with Gasteiger partial charge in [-0.05, 0) is 35.2 Å². The lowest BCUT2D eigenvalue weighted by Gasteiger charge is -2.22. The molecule has 5 heteroatoms. The molecular weight excluding hydrogens is 237 g/mol. The van der Waals surface area contributed by atoms with Crippen molar-refractivity contribution >= 4 is 17.2 Å². The van der Waals surface area contributed by atoms with Gasteiger partial charge in [0.1, 0.15) is 12.1 Å². The van der Waals surface area contributed by atoms with Crippen LogP contribution in [0.15, 0.2) is 29.2 Å². The summed E-state index contributed by atoms with van der Waals surface area (Å²) < 4.78 is 13.1. The normalized spacial score (nSPS) is 14.9. The van der Waals surface area contributed by atoms with E-state index in [1.807, 2.05) is 0 Å². The Morgan fingerprint density at radius 1 is 1.41 bits per heavy atom. The van der Waals surface area contributed by atoms with Crippen molar-refractivity contribution in [2.24, 2.45) is 0 Å². The molecule has 1 aliphatic rings. The molecule has 2 heterocycles. The second kappa shape index (κ2) is 4.41. The lowest BCUT2D eigenvalue weighted by Crippen LogP contribution is -2.25. The van der Waals surface area contributed by atoms with Crippen molar-refractivity contribution in [2.45, 2.75) is 25.4 Å². The van der Waals surface area contributed by atoms with Gasteiger partial charge < -0.3 is 4.90 Å². The van der Waals surface area contributed by atoms with Crippen molar-refractivity contribution in [3.63, 3.8) is 0 Å². The summed E-state index contributed by atoms with van der Waals surface area (Å²) in [5.74, 6) is 0.220. The van der Waals surface area contributed by atoms with Crippen LogP contribution in [-0.2, 0) is 6.54 Å². The third-order valence-corrected chi connectivity index (χ3v) is 3.57. The summed E-state index contributed by atoms with van der Waals surface area (Å²) in [6, 6.07) is 4.01. The van der Waals surface area contributed by atoms with Gasteiger partial charge in [-0.1, -0.05) is 0 Å². The molecule has 17 heavy (non-hydrogen) atoms. The fourth-order valence-corrected chi connectivity index (χ4v) is 2.50. The van der Waals surface area contributed by atoms with Gasteiger partial charge in [-0.2, -0.15) is 15.7 Å². The van der Waals surface area contributed by atoms with Crippen molar-refractivity contribution in [1.29, 1.82) is 0 Å². The molecular formula is C12H12FN3S. The van der Waals surface area contributed by atoms with Crippen LogP contribution in [0.5, 0.6) is 0 Å². The molecule has 0 spiro atoms. The van der Waals surface area contributed by atoms with E-state index in [0.717, 1.165) is 19.4 Å². The number of aromatic nitrogens is 2. The van der Waals surface area contributed by atoms with Gasteiger partial charge in [-0.25, -0.2) is 9.97 Å². The highest BCUT2D eigenvalue weighted by Crippen LogP contribution is 2.32. The molecule has 1 aliphatic carbocycles. The van der Waals surface area contributed by atoms with Gasteiger partial charge in [0.2, 0.25) is 5.95 Å². The Kier molecular flexibility index (Phi) is 2.76. The average molecular weight is 249 g/mol. The minimum atomic E-state index is -0.467. The average Bonchev–Trinajstić information content (AvgIpc) is 3.03. The van der Waals surface area contributed by atoms with Crippen LogP contribution in [-0.4, -0.2) is 16.0 Å². The third kappa shape index (κ3) is 2.44. The molecule has 0 aliphatic heterocycles. The number of thiophene rings is 1. The minimum absolute atomic E-state index is 0.467. The highest BCUT2D eigenvalue weighted by atomic mass is 32.1. The first-order valence-electron chi connectivity index (χ1n) is 5.58. The first-order chi connectivity index (χ1) is 8.33. The molecule has 0 radical (unpaired) electrons. The van der Waals surface area contributed by atoms with Crippen LogP contribution in [0, 0.1) is 5.95 Å². The zero-order chi connectivity index (χ0) is 11.7. The second-order valence-electron chi connectivity index (χ2n) is 4.19. The van der Waals surface area contributed by atoms with Crippen molar-refractivity contribution in [3.05, 3.63) is 40.7 Å².